The first-order valence-electron chi connectivity index (χ1n) is 9.17. The molecule has 4 rings (SSSR count). The number of aromatic nitrogens is 3. The van der Waals surface area contributed by atoms with E-state index in [9.17, 15) is 0 Å². The Hall–Kier alpha value is -3.60. The molecule has 8 nitrogen and oxygen atoms in total. The fourth-order valence-corrected chi connectivity index (χ4v) is 3.55. The lowest BCUT2D eigenvalue weighted by Crippen LogP contribution is -2.55. The molecule has 0 aliphatic carbocycles. The summed E-state index contributed by atoms with van der Waals surface area (Å²) in [5.74, 6) is 1.59. The lowest BCUT2D eigenvalue weighted by atomic mass is 10.1. The van der Waals surface area contributed by atoms with Gasteiger partial charge in [0.2, 0.25) is 6.19 Å². The van der Waals surface area contributed by atoms with E-state index in [1.165, 1.54) is 0 Å². The van der Waals surface area contributed by atoms with Gasteiger partial charge in [-0.3, -0.25) is 0 Å². The largest absolute Gasteiger partial charge is 0.425 e. The number of ether oxygens (including phenoxy) is 1. The van der Waals surface area contributed by atoms with Crippen LogP contribution in [0.4, 0.5) is 5.82 Å². The van der Waals surface area contributed by atoms with Gasteiger partial charge < -0.3 is 19.5 Å². The molecule has 28 heavy (non-hydrogen) atoms. The molecule has 1 aliphatic heterocycles. The maximum Gasteiger partial charge on any atom is 0.308 e. The normalized spacial score (nSPS) is 17.6. The zero-order chi connectivity index (χ0) is 19.5. The molecule has 0 radical (unpaired) electrons. The number of fused-ring (bicyclic) bond motifs is 1. The number of aliphatic imine (C=N–C) groups is 1. The Balaban J connectivity index is 1.55. The molecule has 0 bridgehead atoms. The molecule has 3 heterocycles. The molecule has 8 heteroatoms. The van der Waals surface area contributed by atoms with Gasteiger partial charge >= 0.3 is 6.02 Å². The van der Waals surface area contributed by atoms with Gasteiger partial charge in [-0.05, 0) is 31.5 Å². The van der Waals surface area contributed by atoms with E-state index in [-0.39, 0.29) is 6.04 Å². The molecule has 3 aromatic rings. The molecular weight excluding hydrogens is 354 g/mol. The van der Waals surface area contributed by atoms with Gasteiger partial charge in [0.05, 0.1) is 5.39 Å². The van der Waals surface area contributed by atoms with E-state index in [1.807, 2.05) is 47.6 Å². The summed E-state index contributed by atoms with van der Waals surface area (Å²) in [6.07, 6.45) is 5.40. The van der Waals surface area contributed by atoms with Gasteiger partial charge in [0, 0.05) is 31.9 Å². The van der Waals surface area contributed by atoms with Crippen LogP contribution in [0.25, 0.3) is 11.0 Å². The molecule has 1 fully saturated rings. The maximum atomic E-state index is 9.11. The highest BCUT2D eigenvalue weighted by Crippen LogP contribution is 2.27. The molecule has 1 N–H and O–H groups in total. The number of piperazine rings is 1. The second-order valence-corrected chi connectivity index (χ2v) is 6.79. The van der Waals surface area contributed by atoms with E-state index < -0.39 is 0 Å². The van der Waals surface area contributed by atoms with E-state index in [1.54, 1.807) is 6.33 Å². The number of nitriles is 1. The van der Waals surface area contributed by atoms with Crippen molar-refractivity contribution in [1.82, 2.24) is 19.9 Å². The topological polar surface area (TPSA) is 93.4 Å². The number of nitrogens with one attached hydrogen (secondary N) is 1. The molecule has 1 unspecified atom stereocenters. The molecule has 1 aliphatic rings. The summed E-state index contributed by atoms with van der Waals surface area (Å²) in [6, 6.07) is 9.81. The lowest BCUT2D eigenvalue weighted by Gasteiger charge is -2.41. The third kappa shape index (κ3) is 3.34. The van der Waals surface area contributed by atoms with E-state index >= 15 is 0 Å². The van der Waals surface area contributed by atoms with Crippen LogP contribution in [0.2, 0.25) is 0 Å². The zero-order valence-electron chi connectivity index (χ0n) is 15.8. The van der Waals surface area contributed by atoms with Crippen LogP contribution in [0, 0.1) is 18.4 Å². The molecule has 2 aromatic heterocycles. The SMILES string of the molecule is Cc1c[nH]c2ncnc(N3CCN(C(=NC#N)Oc4ccccc4)C(C)C3)c12. The summed E-state index contributed by atoms with van der Waals surface area (Å²) in [6.45, 7) is 6.29. The van der Waals surface area contributed by atoms with Gasteiger partial charge in [0.25, 0.3) is 0 Å². The average Bonchev–Trinajstić information content (AvgIpc) is 3.10. The minimum absolute atomic E-state index is 0.0915. The number of H-pyrrole nitrogens is 1. The van der Waals surface area contributed by atoms with Gasteiger partial charge in [-0.1, -0.05) is 18.2 Å². The standard InChI is InChI=1S/C20H21N7O/c1-14-10-22-18-17(14)19(25-13-24-18)26-8-9-27(15(2)11-26)20(23-12-21)28-16-6-4-3-5-7-16/h3-7,10,13,15H,8-9,11H2,1-2H3,(H,22,24,25). The first kappa shape index (κ1) is 17.8. The number of hydrogen-bond acceptors (Lipinski definition) is 6. The van der Waals surface area contributed by atoms with Crippen molar-refractivity contribution in [2.75, 3.05) is 24.5 Å². The van der Waals surface area contributed by atoms with Crippen LogP contribution in [-0.4, -0.2) is 51.5 Å². The van der Waals surface area contributed by atoms with Crippen LogP contribution in [0.1, 0.15) is 12.5 Å². The molecule has 0 saturated carbocycles. The number of rotatable bonds is 2. The lowest BCUT2D eigenvalue weighted by molar-refractivity contribution is 0.254. The van der Waals surface area contributed by atoms with Crippen LogP contribution in [-0.2, 0) is 0 Å². The number of anilines is 1. The van der Waals surface area contributed by atoms with E-state index in [0.717, 1.165) is 35.5 Å². The highest BCUT2D eigenvalue weighted by molar-refractivity contribution is 5.90. The predicted octanol–water partition coefficient (Wildman–Crippen LogP) is 2.69. The first-order chi connectivity index (χ1) is 13.7. The summed E-state index contributed by atoms with van der Waals surface area (Å²) in [4.78, 5) is 20.2. The van der Waals surface area contributed by atoms with Crippen molar-refractivity contribution in [2.45, 2.75) is 19.9 Å². The Kier molecular flexibility index (Phi) is 4.81. The van der Waals surface area contributed by atoms with Gasteiger partial charge in [0.1, 0.15) is 23.5 Å². The number of para-hydroxylation sites is 1. The molecular formula is C20H21N7O. The number of hydrogen-bond donors (Lipinski definition) is 1. The van der Waals surface area contributed by atoms with Crippen molar-refractivity contribution in [3.05, 3.63) is 48.4 Å². The van der Waals surface area contributed by atoms with Gasteiger partial charge in [-0.15, -0.1) is 4.99 Å². The molecule has 0 amide bonds. The third-order valence-electron chi connectivity index (χ3n) is 4.92. The maximum absolute atomic E-state index is 9.11. The number of aromatic amines is 1. The minimum Gasteiger partial charge on any atom is -0.425 e. The number of nitrogens with zero attached hydrogens (tertiary/aromatic N) is 6. The van der Waals surface area contributed by atoms with E-state index in [4.69, 9.17) is 10.00 Å². The fourth-order valence-electron chi connectivity index (χ4n) is 3.55. The predicted molar refractivity (Wildman–Crippen MR) is 107 cm³/mol. The van der Waals surface area contributed by atoms with Crippen molar-refractivity contribution >= 4 is 22.9 Å². The summed E-state index contributed by atoms with van der Waals surface area (Å²) in [5, 5.41) is 10.2. The highest BCUT2D eigenvalue weighted by Gasteiger charge is 2.29. The first-order valence-corrected chi connectivity index (χ1v) is 9.17. The van der Waals surface area contributed by atoms with Crippen molar-refractivity contribution < 1.29 is 4.74 Å². The summed E-state index contributed by atoms with van der Waals surface area (Å²) in [7, 11) is 0. The highest BCUT2D eigenvalue weighted by atomic mass is 16.5. The summed E-state index contributed by atoms with van der Waals surface area (Å²) >= 11 is 0. The molecule has 1 atom stereocenters. The Morgan fingerprint density at radius 2 is 2.11 bits per heavy atom. The fraction of sp³-hybridized carbons (Fsp3) is 0.300. The molecule has 142 valence electrons. The third-order valence-corrected chi connectivity index (χ3v) is 4.92. The smallest absolute Gasteiger partial charge is 0.308 e. The van der Waals surface area contributed by atoms with Gasteiger partial charge in [0.15, 0.2) is 0 Å². The quantitative estimate of drug-likeness (QED) is 0.420. The summed E-state index contributed by atoms with van der Waals surface area (Å²) < 4.78 is 5.89. The Labute approximate surface area is 163 Å². The van der Waals surface area contributed by atoms with Crippen molar-refractivity contribution in [2.24, 2.45) is 4.99 Å². The van der Waals surface area contributed by atoms with Gasteiger partial charge in [-0.2, -0.15) is 5.26 Å². The molecule has 1 aromatic carbocycles. The van der Waals surface area contributed by atoms with Crippen LogP contribution < -0.4 is 9.64 Å². The van der Waals surface area contributed by atoms with Crippen LogP contribution in [0.5, 0.6) is 5.75 Å². The van der Waals surface area contributed by atoms with Crippen LogP contribution in [0.3, 0.4) is 0 Å². The Morgan fingerprint density at radius 3 is 2.86 bits per heavy atom. The van der Waals surface area contributed by atoms with Crippen LogP contribution >= 0.6 is 0 Å². The number of aryl methyl sites for hydroxylation is 1. The Bertz CT molecular complexity index is 1040. The Morgan fingerprint density at radius 1 is 1.29 bits per heavy atom. The second kappa shape index (κ2) is 7.56. The van der Waals surface area contributed by atoms with Crippen molar-refractivity contribution in [3.8, 4) is 11.9 Å². The van der Waals surface area contributed by atoms with Crippen LogP contribution in [0.15, 0.2) is 47.8 Å². The van der Waals surface area contributed by atoms with Crippen molar-refractivity contribution in [1.29, 1.82) is 5.26 Å². The zero-order valence-corrected chi connectivity index (χ0v) is 15.8. The van der Waals surface area contributed by atoms with E-state index in [0.29, 0.717) is 18.3 Å². The minimum atomic E-state index is 0.0915. The van der Waals surface area contributed by atoms with Crippen molar-refractivity contribution in [3.63, 3.8) is 0 Å². The monoisotopic (exact) mass is 375 g/mol. The average molecular weight is 375 g/mol. The van der Waals surface area contributed by atoms with E-state index in [2.05, 4.69) is 38.7 Å². The number of amidine groups is 1. The number of benzene rings is 1. The molecule has 0 spiro atoms. The molecule has 1 saturated heterocycles. The van der Waals surface area contributed by atoms with Gasteiger partial charge in [-0.25, -0.2) is 9.97 Å². The summed E-state index contributed by atoms with van der Waals surface area (Å²) in [5.41, 5.74) is 1.97. The second-order valence-electron chi connectivity index (χ2n) is 6.79.